The molecule has 32 heavy (non-hydrogen) atoms. The Morgan fingerprint density at radius 1 is 0.781 bits per heavy atom. The van der Waals surface area contributed by atoms with Gasteiger partial charge in [-0.2, -0.15) is 0 Å². The number of rotatable bonds is 7. The van der Waals surface area contributed by atoms with Gasteiger partial charge in [-0.15, -0.1) is 0 Å². The van der Waals surface area contributed by atoms with Crippen molar-refractivity contribution < 1.29 is 13.2 Å². The van der Waals surface area contributed by atoms with E-state index in [-0.39, 0.29) is 5.82 Å². The Balaban J connectivity index is 1.41. The number of benzene rings is 3. The Kier molecular flexibility index (Phi) is 7.45. The summed E-state index contributed by atoms with van der Waals surface area (Å²) in [5.74, 6) is -0.0861. The van der Waals surface area contributed by atoms with Crippen LogP contribution in [-0.4, -0.2) is 0 Å². The second kappa shape index (κ2) is 10.3. The third-order valence-corrected chi connectivity index (χ3v) is 7.57. The van der Waals surface area contributed by atoms with Crippen LogP contribution in [0.5, 0.6) is 0 Å². The van der Waals surface area contributed by atoms with E-state index in [1.165, 1.54) is 56.2 Å². The minimum absolute atomic E-state index is 0.248. The van der Waals surface area contributed by atoms with Gasteiger partial charge in [0.05, 0.1) is 0 Å². The van der Waals surface area contributed by atoms with Crippen LogP contribution in [0.4, 0.5) is 13.2 Å². The molecule has 1 aliphatic rings. The van der Waals surface area contributed by atoms with Crippen LogP contribution in [0.15, 0.2) is 42.5 Å². The van der Waals surface area contributed by atoms with Gasteiger partial charge in [-0.3, -0.25) is 0 Å². The zero-order valence-corrected chi connectivity index (χ0v) is 19.3. The second-order valence-corrected chi connectivity index (χ2v) is 9.68. The molecule has 0 heterocycles. The molecule has 170 valence electrons. The molecule has 1 aliphatic carbocycles. The maximum absolute atomic E-state index is 15.1. The van der Waals surface area contributed by atoms with Crippen LogP contribution in [-0.2, 0) is 19.3 Å². The predicted molar refractivity (Wildman–Crippen MR) is 127 cm³/mol. The van der Waals surface area contributed by atoms with Gasteiger partial charge in [0.25, 0.3) is 0 Å². The van der Waals surface area contributed by atoms with Crippen LogP contribution in [0.2, 0.25) is 5.02 Å². The first kappa shape index (κ1) is 23.2. The summed E-state index contributed by atoms with van der Waals surface area (Å²) in [6.07, 6.45) is 9.65. The van der Waals surface area contributed by atoms with E-state index < -0.39 is 16.7 Å². The molecule has 3 aromatic carbocycles. The molecule has 0 aliphatic heterocycles. The van der Waals surface area contributed by atoms with E-state index in [9.17, 15) is 8.78 Å². The number of hydrogen-bond donors (Lipinski definition) is 0. The number of hydrogen-bond acceptors (Lipinski definition) is 0. The van der Waals surface area contributed by atoms with Gasteiger partial charge in [0.2, 0.25) is 0 Å². The minimum atomic E-state index is -0.786. The molecule has 4 heteroatoms. The quantitative estimate of drug-likeness (QED) is 0.310. The van der Waals surface area contributed by atoms with Crippen molar-refractivity contribution >= 4 is 22.4 Å². The lowest BCUT2D eigenvalue weighted by Gasteiger charge is -2.27. The van der Waals surface area contributed by atoms with Gasteiger partial charge < -0.3 is 0 Å². The molecule has 1 fully saturated rings. The Labute approximate surface area is 193 Å². The highest BCUT2D eigenvalue weighted by atomic mass is 35.5. The maximum Gasteiger partial charge on any atom is 0.145 e. The highest BCUT2D eigenvalue weighted by Crippen LogP contribution is 2.33. The lowest BCUT2D eigenvalue weighted by atomic mass is 9.78. The monoisotopic (exact) mass is 458 g/mol. The van der Waals surface area contributed by atoms with E-state index in [1.807, 2.05) is 18.2 Å². The fourth-order valence-electron chi connectivity index (χ4n) is 5.07. The van der Waals surface area contributed by atoms with Crippen LogP contribution in [0, 0.1) is 29.3 Å². The van der Waals surface area contributed by atoms with Gasteiger partial charge in [-0.25, -0.2) is 13.2 Å². The van der Waals surface area contributed by atoms with Crippen molar-refractivity contribution in [3.63, 3.8) is 0 Å². The molecule has 0 nitrogen and oxygen atoms in total. The average molecular weight is 459 g/mol. The number of halogens is 4. The Morgan fingerprint density at radius 2 is 1.47 bits per heavy atom. The van der Waals surface area contributed by atoms with E-state index in [1.54, 1.807) is 6.07 Å². The van der Waals surface area contributed by atoms with Crippen molar-refractivity contribution in [3.05, 3.63) is 81.6 Å². The Bertz CT molecular complexity index is 1060. The number of fused-ring (bicyclic) bond motifs is 1. The maximum atomic E-state index is 15.1. The third kappa shape index (κ3) is 5.31. The summed E-state index contributed by atoms with van der Waals surface area (Å²) in [5, 5.41) is 1.00. The molecule has 0 radical (unpaired) electrons. The average Bonchev–Trinajstić information content (AvgIpc) is 2.81. The van der Waals surface area contributed by atoms with Crippen LogP contribution < -0.4 is 0 Å². The molecular formula is C28H30ClF3. The molecule has 0 atom stereocenters. The molecule has 0 saturated heterocycles. The summed E-state index contributed by atoms with van der Waals surface area (Å²) in [6.45, 7) is 2.29. The van der Waals surface area contributed by atoms with Gasteiger partial charge in [0.1, 0.15) is 22.5 Å². The summed E-state index contributed by atoms with van der Waals surface area (Å²) in [5.41, 5.74) is 2.27. The van der Waals surface area contributed by atoms with Crippen molar-refractivity contribution in [2.45, 2.75) is 64.7 Å². The molecule has 1 saturated carbocycles. The van der Waals surface area contributed by atoms with Gasteiger partial charge in [-0.05, 0) is 71.7 Å². The molecule has 0 N–H and O–H groups in total. The van der Waals surface area contributed by atoms with Crippen LogP contribution in [0.25, 0.3) is 10.8 Å². The fourth-order valence-corrected chi connectivity index (χ4v) is 5.17. The number of aryl methyl sites for hydroxylation is 3. The van der Waals surface area contributed by atoms with E-state index >= 15 is 4.39 Å². The normalized spacial score (nSPS) is 18.9. The van der Waals surface area contributed by atoms with Crippen LogP contribution in [0.1, 0.15) is 62.1 Å². The first-order valence-corrected chi connectivity index (χ1v) is 12.2. The molecule has 0 bridgehead atoms. The van der Waals surface area contributed by atoms with Crippen molar-refractivity contribution in [1.29, 1.82) is 0 Å². The summed E-state index contributed by atoms with van der Waals surface area (Å²) in [4.78, 5) is 0. The first-order chi connectivity index (χ1) is 15.4. The van der Waals surface area contributed by atoms with Crippen LogP contribution >= 0.6 is 11.6 Å². The molecular weight excluding hydrogens is 429 g/mol. The van der Waals surface area contributed by atoms with E-state index in [2.05, 4.69) is 13.0 Å². The molecule has 0 unspecified atom stereocenters. The highest BCUT2D eigenvalue weighted by Gasteiger charge is 2.19. The fraction of sp³-hybridized carbons (Fsp3) is 0.429. The van der Waals surface area contributed by atoms with E-state index in [0.717, 1.165) is 23.6 Å². The summed E-state index contributed by atoms with van der Waals surface area (Å²) in [7, 11) is 0. The smallest absolute Gasteiger partial charge is 0.145 e. The van der Waals surface area contributed by atoms with Gasteiger partial charge >= 0.3 is 0 Å². The van der Waals surface area contributed by atoms with Gasteiger partial charge in [0, 0.05) is 5.39 Å². The van der Waals surface area contributed by atoms with E-state index in [4.69, 9.17) is 11.6 Å². The Hall–Kier alpha value is -2.00. The highest BCUT2D eigenvalue weighted by molar-refractivity contribution is 6.30. The molecule has 4 rings (SSSR count). The lowest BCUT2D eigenvalue weighted by Crippen LogP contribution is -2.14. The van der Waals surface area contributed by atoms with Crippen molar-refractivity contribution in [2.75, 3.05) is 0 Å². The predicted octanol–water partition coefficient (Wildman–Crippen LogP) is 8.84. The molecule has 0 spiro atoms. The summed E-state index contributed by atoms with van der Waals surface area (Å²) in [6, 6.07) is 12.2. The Morgan fingerprint density at radius 3 is 2.16 bits per heavy atom. The minimum Gasteiger partial charge on any atom is -0.206 e. The zero-order chi connectivity index (χ0) is 22.7. The van der Waals surface area contributed by atoms with Crippen molar-refractivity contribution in [3.8, 4) is 0 Å². The van der Waals surface area contributed by atoms with E-state index in [0.29, 0.717) is 29.4 Å². The van der Waals surface area contributed by atoms with Crippen LogP contribution in [0.3, 0.4) is 0 Å². The zero-order valence-electron chi connectivity index (χ0n) is 18.6. The SMILES string of the molecule is CCC1CCC(CCc2ccc3c(F)c(CCc4cc(F)c(Cl)c(F)c4)ccc3c2)CC1. The summed E-state index contributed by atoms with van der Waals surface area (Å²) < 4.78 is 42.4. The summed E-state index contributed by atoms with van der Waals surface area (Å²) >= 11 is 5.54. The van der Waals surface area contributed by atoms with Gasteiger partial charge in [-0.1, -0.05) is 81.0 Å². The largest absolute Gasteiger partial charge is 0.206 e. The van der Waals surface area contributed by atoms with Crippen molar-refractivity contribution in [2.24, 2.45) is 11.8 Å². The third-order valence-electron chi connectivity index (χ3n) is 7.21. The molecule has 0 amide bonds. The second-order valence-electron chi connectivity index (χ2n) is 9.30. The van der Waals surface area contributed by atoms with Crippen molar-refractivity contribution in [1.82, 2.24) is 0 Å². The molecule has 0 aromatic heterocycles. The lowest BCUT2D eigenvalue weighted by molar-refractivity contribution is 0.259. The first-order valence-electron chi connectivity index (χ1n) is 11.8. The van der Waals surface area contributed by atoms with Gasteiger partial charge in [0.15, 0.2) is 0 Å². The standard InChI is InChI=1S/C28H30ClF3/c1-2-18-3-5-19(6-4-18)7-8-20-10-14-24-23(15-20)13-12-22(28(24)32)11-9-21-16-25(30)27(29)26(31)17-21/h10,12-19H,2-9,11H2,1H3. The topological polar surface area (TPSA) is 0 Å². The molecule has 3 aromatic rings.